The average Bonchev–Trinajstić information content (AvgIpc) is 2.80. The van der Waals surface area contributed by atoms with E-state index in [1.165, 1.54) is 12.1 Å². The van der Waals surface area contributed by atoms with E-state index in [1.54, 1.807) is 6.07 Å². The zero-order valence-electron chi connectivity index (χ0n) is 10.7. The van der Waals surface area contributed by atoms with Gasteiger partial charge in [0.05, 0.1) is 17.6 Å². The molecule has 1 heterocycles. The Bertz CT molecular complexity index is 686. The van der Waals surface area contributed by atoms with E-state index in [9.17, 15) is 4.39 Å². The summed E-state index contributed by atoms with van der Waals surface area (Å²) in [5.74, 6) is 0.534. The van der Waals surface area contributed by atoms with E-state index in [1.807, 2.05) is 24.3 Å². The Morgan fingerprint density at radius 2 is 2.00 bits per heavy atom. The van der Waals surface area contributed by atoms with E-state index in [0.29, 0.717) is 18.1 Å². The Hall–Kier alpha value is -1.91. The topological polar surface area (TPSA) is 40.7 Å². The van der Waals surface area contributed by atoms with Crippen LogP contribution in [0, 0.1) is 5.82 Å². The third kappa shape index (κ3) is 2.98. The van der Waals surface area contributed by atoms with Gasteiger partial charge in [-0.3, -0.25) is 0 Å². The van der Waals surface area contributed by atoms with Gasteiger partial charge in [0.25, 0.3) is 0 Å². The minimum absolute atomic E-state index is 0.321. The van der Waals surface area contributed by atoms with Crippen molar-refractivity contribution in [2.45, 2.75) is 13.1 Å². The van der Waals surface area contributed by atoms with Crippen LogP contribution < -0.4 is 5.32 Å². The molecule has 0 spiro atoms. The number of benzene rings is 2. The number of hydrogen-bond acceptors (Lipinski definition) is 2. The molecule has 0 amide bonds. The first-order valence-corrected chi connectivity index (χ1v) is 6.68. The van der Waals surface area contributed by atoms with Gasteiger partial charge in [-0.1, -0.05) is 23.7 Å². The molecule has 0 fully saturated rings. The Balaban J connectivity index is 1.64. The summed E-state index contributed by atoms with van der Waals surface area (Å²) in [6.45, 7) is 1.12. The molecule has 0 aliphatic carbocycles. The Kier molecular flexibility index (Phi) is 3.67. The quantitative estimate of drug-likeness (QED) is 0.770. The van der Waals surface area contributed by atoms with Crippen LogP contribution in [-0.2, 0) is 13.1 Å². The summed E-state index contributed by atoms with van der Waals surface area (Å²) in [5.41, 5.74) is 2.77. The van der Waals surface area contributed by atoms with Crippen LogP contribution in [0.5, 0.6) is 0 Å². The van der Waals surface area contributed by atoms with Crippen LogP contribution in [0.25, 0.3) is 11.0 Å². The van der Waals surface area contributed by atoms with Gasteiger partial charge < -0.3 is 10.3 Å². The van der Waals surface area contributed by atoms with E-state index in [4.69, 9.17) is 11.6 Å². The maximum Gasteiger partial charge on any atom is 0.125 e. The monoisotopic (exact) mass is 289 g/mol. The minimum atomic E-state index is -0.321. The van der Waals surface area contributed by atoms with Crippen molar-refractivity contribution < 1.29 is 4.39 Å². The van der Waals surface area contributed by atoms with Crippen molar-refractivity contribution in [2.24, 2.45) is 0 Å². The molecule has 0 atom stereocenters. The highest BCUT2D eigenvalue weighted by molar-refractivity contribution is 6.30. The van der Waals surface area contributed by atoms with Crippen LogP contribution in [0.4, 0.5) is 4.39 Å². The number of halogens is 2. The van der Waals surface area contributed by atoms with Gasteiger partial charge in [0.2, 0.25) is 0 Å². The number of rotatable bonds is 4. The highest BCUT2D eigenvalue weighted by Crippen LogP contribution is 2.14. The van der Waals surface area contributed by atoms with Crippen LogP contribution in [0.1, 0.15) is 11.4 Å². The average molecular weight is 290 g/mol. The number of aromatic nitrogens is 2. The predicted molar refractivity (Wildman–Crippen MR) is 78.0 cm³/mol. The number of hydrogen-bond donors (Lipinski definition) is 2. The minimum Gasteiger partial charge on any atom is -0.341 e. The smallest absolute Gasteiger partial charge is 0.125 e. The summed E-state index contributed by atoms with van der Waals surface area (Å²) in [6, 6.07) is 12.4. The van der Waals surface area contributed by atoms with Gasteiger partial charge in [-0.05, 0) is 35.9 Å². The number of H-pyrrole nitrogens is 1. The number of aromatic amines is 1. The largest absolute Gasteiger partial charge is 0.341 e. The highest BCUT2D eigenvalue weighted by Gasteiger charge is 2.03. The van der Waals surface area contributed by atoms with Crippen LogP contribution in [0.3, 0.4) is 0 Å². The highest BCUT2D eigenvalue weighted by atomic mass is 35.5. The number of nitrogens with zero attached hydrogens (tertiary/aromatic N) is 1. The van der Waals surface area contributed by atoms with E-state index in [2.05, 4.69) is 15.3 Å². The molecular weight excluding hydrogens is 277 g/mol. The molecule has 5 heteroatoms. The van der Waals surface area contributed by atoms with Crippen molar-refractivity contribution in [2.75, 3.05) is 0 Å². The molecule has 0 unspecified atom stereocenters. The van der Waals surface area contributed by atoms with Gasteiger partial charge >= 0.3 is 0 Å². The molecule has 0 saturated carbocycles. The fraction of sp³-hybridized carbons (Fsp3) is 0.133. The Morgan fingerprint density at radius 3 is 2.80 bits per heavy atom. The first-order valence-electron chi connectivity index (χ1n) is 6.30. The molecule has 0 saturated heterocycles. The molecule has 0 aliphatic heterocycles. The second-order valence-electron chi connectivity index (χ2n) is 4.58. The summed E-state index contributed by atoms with van der Waals surface area (Å²) in [5, 5.41) is 3.62. The van der Waals surface area contributed by atoms with Gasteiger partial charge in [0, 0.05) is 11.6 Å². The van der Waals surface area contributed by atoms with Gasteiger partial charge in [-0.25, -0.2) is 9.37 Å². The molecule has 2 N–H and O–H groups in total. The summed E-state index contributed by atoms with van der Waals surface area (Å²) in [6.07, 6.45) is 0. The van der Waals surface area contributed by atoms with Crippen molar-refractivity contribution in [1.82, 2.24) is 15.3 Å². The predicted octanol–water partition coefficient (Wildman–Crippen LogP) is 3.65. The maximum absolute atomic E-state index is 13.2. The second kappa shape index (κ2) is 5.61. The lowest BCUT2D eigenvalue weighted by atomic mass is 10.2. The van der Waals surface area contributed by atoms with Crippen molar-refractivity contribution in [1.29, 1.82) is 0 Å². The summed E-state index contributed by atoms with van der Waals surface area (Å²) < 4.78 is 13.2. The fourth-order valence-corrected chi connectivity index (χ4v) is 2.37. The van der Waals surface area contributed by atoms with Crippen LogP contribution in [0.15, 0.2) is 42.5 Å². The molecule has 102 valence electrons. The summed E-state index contributed by atoms with van der Waals surface area (Å²) in [4.78, 5) is 7.69. The summed E-state index contributed by atoms with van der Waals surface area (Å²) >= 11 is 5.81. The van der Waals surface area contributed by atoms with Crippen LogP contribution >= 0.6 is 11.6 Å². The number of fused-ring (bicyclic) bond motifs is 1. The standard InChI is InChI=1S/C15H13ClFN3/c16-11-5-10(6-12(17)7-11)8-18-9-15-19-13-3-1-2-4-14(13)20-15/h1-7,18H,8-9H2,(H,19,20). The molecule has 2 aromatic carbocycles. The number of para-hydroxylation sites is 2. The molecular formula is C15H13ClFN3. The van der Waals surface area contributed by atoms with Crippen LogP contribution in [-0.4, -0.2) is 9.97 Å². The SMILES string of the molecule is Fc1cc(Cl)cc(CNCc2nc3ccccc3[nH]2)c1. The number of imidazole rings is 1. The molecule has 0 bridgehead atoms. The van der Waals surface area contributed by atoms with Gasteiger partial charge in [-0.2, -0.15) is 0 Å². The van der Waals surface area contributed by atoms with Crippen molar-refractivity contribution >= 4 is 22.6 Å². The molecule has 1 aromatic heterocycles. The zero-order chi connectivity index (χ0) is 13.9. The lowest BCUT2D eigenvalue weighted by Gasteiger charge is -2.04. The van der Waals surface area contributed by atoms with Crippen molar-refractivity contribution in [3.63, 3.8) is 0 Å². The normalized spacial score (nSPS) is 11.1. The van der Waals surface area contributed by atoms with E-state index in [0.717, 1.165) is 22.4 Å². The number of nitrogens with one attached hydrogen (secondary N) is 2. The maximum atomic E-state index is 13.2. The molecule has 3 rings (SSSR count). The van der Waals surface area contributed by atoms with Crippen molar-refractivity contribution in [3.8, 4) is 0 Å². The molecule has 3 nitrogen and oxygen atoms in total. The zero-order valence-corrected chi connectivity index (χ0v) is 11.4. The van der Waals surface area contributed by atoms with Crippen LogP contribution in [0.2, 0.25) is 5.02 Å². The third-order valence-electron chi connectivity index (χ3n) is 2.98. The first kappa shape index (κ1) is 13.1. The lowest BCUT2D eigenvalue weighted by Crippen LogP contribution is -2.13. The van der Waals surface area contributed by atoms with Crippen molar-refractivity contribution in [3.05, 3.63) is 64.7 Å². The van der Waals surface area contributed by atoms with E-state index in [-0.39, 0.29) is 5.82 Å². The Morgan fingerprint density at radius 1 is 1.15 bits per heavy atom. The van der Waals surface area contributed by atoms with E-state index < -0.39 is 0 Å². The van der Waals surface area contributed by atoms with Gasteiger partial charge in [-0.15, -0.1) is 0 Å². The fourth-order valence-electron chi connectivity index (χ4n) is 2.13. The molecule has 20 heavy (non-hydrogen) atoms. The second-order valence-corrected chi connectivity index (χ2v) is 5.02. The van der Waals surface area contributed by atoms with E-state index >= 15 is 0 Å². The van der Waals surface area contributed by atoms with Gasteiger partial charge in [0.15, 0.2) is 0 Å². The lowest BCUT2D eigenvalue weighted by molar-refractivity contribution is 0.618. The Labute approximate surface area is 120 Å². The summed E-state index contributed by atoms with van der Waals surface area (Å²) in [7, 11) is 0. The third-order valence-corrected chi connectivity index (χ3v) is 3.20. The molecule has 0 aliphatic rings. The first-order chi connectivity index (χ1) is 9.70. The molecule has 0 radical (unpaired) electrons. The molecule has 3 aromatic rings. The van der Waals surface area contributed by atoms with Gasteiger partial charge in [0.1, 0.15) is 11.6 Å².